The Labute approximate surface area is 156 Å². The third-order valence-corrected chi connectivity index (χ3v) is 5.04. The molecule has 1 heterocycles. The first kappa shape index (κ1) is 20.5. The fourth-order valence-electron chi connectivity index (χ4n) is 3.21. The number of hydrogen-bond acceptors (Lipinski definition) is 4. The molecule has 2 unspecified atom stereocenters. The van der Waals surface area contributed by atoms with E-state index in [1.54, 1.807) is 14.2 Å². The summed E-state index contributed by atoms with van der Waals surface area (Å²) in [5, 5.41) is 3.49. The van der Waals surface area contributed by atoms with Crippen LogP contribution in [0.2, 0.25) is 0 Å². The molecule has 2 aliphatic rings. The van der Waals surface area contributed by atoms with Crippen LogP contribution in [0.1, 0.15) is 26.2 Å². The number of carbonyl (C=O) groups is 1. The molecule has 23 heavy (non-hydrogen) atoms. The fraction of sp³-hybridized carbons (Fsp3) is 0.875. The first-order valence-electron chi connectivity index (χ1n) is 8.07. The van der Waals surface area contributed by atoms with Crippen molar-refractivity contribution in [2.24, 2.45) is 22.2 Å². The van der Waals surface area contributed by atoms with E-state index < -0.39 is 0 Å². The molecule has 0 amide bonds. The van der Waals surface area contributed by atoms with Crippen LogP contribution in [0.3, 0.4) is 0 Å². The lowest BCUT2D eigenvalue weighted by molar-refractivity contribution is -0.145. The second-order valence-corrected chi connectivity index (χ2v) is 6.66. The average molecular weight is 439 g/mol. The molecule has 1 N–H and O–H groups in total. The molecule has 0 bridgehead atoms. The van der Waals surface area contributed by atoms with Crippen LogP contribution in [-0.2, 0) is 14.3 Å². The highest BCUT2D eigenvalue weighted by Crippen LogP contribution is 2.48. The number of methoxy groups -OCH3 is 2. The molecule has 1 saturated carbocycles. The van der Waals surface area contributed by atoms with E-state index in [0.29, 0.717) is 12.0 Å². The Hall–Kier alpha value is -0.570. The van der Waals surface area contributed by atoms with Crippen molar-refractivity contribution in [2.75, 3.05) is 47.5 Å². The molecule has 6 nitrogen and oxygen atoms in total. The van der Waals surface area contributed by atoms with Gasteiger partial charge in [0.2, 0.25) is 0 Å². The average Bonchev–Trinajstić information content (AvgIpc) is 3.20. The predicted molar refractivity (Wildman–Crippen MR) is 101 cm³/mol. The van der Waals surface area contributed by atoms with Crippen molar-refractivity contribution in [2.45, 2.75) is 26.2 Å². The largest absolute Gasteiger partial charge is 0.469 e. The lowest BCUT2D eigenvalue weighted by Gasteiger charge is -2.24. The Morgan fingerprint density at radius 2 is 2.04 bits per heavy atom. The Morgan fingerprint density at radius 3 is 2.57 bits per heavy atom. The van der Waals surface area contributed by atoms with E-state index in [9.17, 15) is 4.79 Å². The maximum absolute atomic E-state index is 11.8. The molecule has 2 atom stereocenters. The van der Waals surface area contributed by atoms with Gasteiger partial charge in [0.1, 0.15) is 0 Å². The van der Waals surface area contributed by atoms with Gasteiger partial charge in [-0.2, -0.15) is 0 Å². The summed E-state index contributed by atoms with van der Waals surface area (Å²) in [6.07, 6.45) is 3.60. The summed E-state index contributed by atoms with van der Waals surface area (Å²) in [5.41, 5.74) is 0.374. The van der Waals surface area contributed by atoms with Crippen LogP contribution in [0.25, 0.3) is 0 Å². The van der Waals surface area contributed by atoms with Gasteiger partial charge in [-0.05, 0) is 30.6 Å². The van der Waals surface area contributed by atoms with Gasteiger partial charge in [0.15, 0.2) is 5.96 Å². The summed E-state index contributed by atoms with van der Waals surface area (Å²) >= 11 is 0. The first-order valence-corrected chi connectivity index (χ1v) is 8.07. The molecule has 0 aromatic rings. The zero-order valence-corrected chi connectivity index (χ0v) is 17.0. The Balaban J connectivity index is 0.00000264. The highest BCUT2D eigenvalue weighted by molar-refractivity contribution is 14.0. The number of guanidine groups is 1. The molecule has 0 aromatic heterocycles. The number of hydrogen-bond donors (Lipinski definition) is 1. The topological polar surface area (TPSA) is 63.2 Å². The van der Waals surface area contributed by atoms with Crippen LogP contribution >= 0.6 is 24.0 Å². The quantitative estimate of drug-likeness (QED) is 0.296. The number of nitrogens with one attached hydrogen (secondary N) is 1. The summed E-state index contributed by atoms with van der Waals surface area (Å²) < 4.78 is 10.1. The van der Waals surface area contributed by atoms with Crippen LogP contribution in [-0.4, -0.2) is 64.3 Å². The summed E-state index contributed by atoms with van der Waals surface area (Å²) in [7, 11) is 5.01. The van der Waals surface area contributed by atoms with E-state index in [1.165, 1.54) is 20.0 Å². The number of carbonyl (C=O) groups excluding carboxylic acids is 1. The minimum Gasteiger partial charge on any atom is -0.469 e. The van der Waals surface area contributed by atoms with Gasteiger partial charge in [-0.3, -0.25) is 9.79 Å². The predicted octanol–water partition coefficient (Wildman–Crippen LogP) is 1.74. The van der Waals surface area contributed by atoms with Crippen molar-refractivity contribution in [3.63, 3.8) is 0 Å². The van der Waals surface area contributed by atoms with Crippen LogP contribution in [0.5, 0.6) is 0 Å². The zero-order chi connectivity index (χ0) is 16.2. The second kappa shape index (κ2) is 9.05. The molecule has 0 aromatic carbocycles. The second-order valence-electron chi connectivity index (χ2n) is 6.66. The Kier molecular flexibility index (Phi) is 8.06. The number of halogens is 1. The number of ether oxygens (including phenoxy) is 2. The highest BCUT2D eigenvalue weighted by atomic mass is 127. The maximum Gasteiger partial charge on any atom is 0.310 e. The van der Waals surface area contributed by atoms with E-state index in [1.807, 2.05) is 0 Å². The monoisotopic (exact) mass is 439 g/mol. The van der Waals surface area contributed by atoms with E-state index in [-0.39, 0.29) is 41.8 Å². The summed E-state index contributed by atoms with van der Waals surface area (Å²) in [5.74, 6) is 0.993. The Morgan fingerprint density at radius 1 is 1.35 bits per heavy atom. The van der Waals surface area contributed by atoms with Crippen molar-refractivity contribution >= 4 is 35.9 Å². The van der Waals surface area contributed by atoms with E-state index >= 15 is 0 Å². The first-order chi connectivity index (χ1) is 10.5. The molecule has 1 aliphatic heterocycles. The van der Waals surface area contributed by atoms with Crippen molar-refractivity contribution in [1.82, 2.24) is 10.2 Å². The molecule has 2 rings (SSSR count). The molecule has 7 heteroatoms. The number of rotatable bonds is 6. The van der Waals surface area contributed by atoms with Gasteiger partial charge in [-0.1, -0.05) is 6.92 Å². The molecular weight excluding hydrogens is 409 g/mol. The lowest BCUT2D eigenvalue weighted by Crippen LogP contribution is -2.43. The van der Waals surface area contributed by atoms with Crippen LogP contribution in [0, 0.1) is 17.3 Å². The summed E-state index contributed by atoms with van der Waals surface area (Å²) in [6.45, 7) is 5.35. The molecular formula is C16H30IN3O3. The molecule has 1 aliphatic carbocycles. The fourth-order valence-corrected chi connectivity index (χ4v) is 3.21. The number of nitrogens with zero attached hydrogens (tertiary/aromatic N) is 2. The van der Waals surface area contributed by atoms with Crippen LogP contribution in [0.15, 0.2) is 4.99 Å². The number of likely N-dealkylation sites (tertiary alicyclic amines) is 1. The molecule has 134 valence electrons. The molecule has 0 spiro atoms. The van der Waals surface area contributed by atoms with Crippen molar-refractivity contribution in [1.29, 1.82) is 0 Å². The van der Waals surface area contributed by atoms with Crippen LogP contribution in [0.4, 0.5) is 0 Å². The lowest BCUT2D eigenvalue weighted by atomic mass is 9.99. The van der Waals surface area contributed by atoms with Gasteiger partial charge in [-0.15, -0.1) is 24.0 Å². The SMILES string of the molecule is CN=C(NCC1(CCOC)CC1)N1CC(C)C(C(=O)OC)C1.I. The molecule has 0 radical (unpaired) electrons. The molecule has 2 fully saturated rings. The van der Waals surface area contributed by atoms with E-state index in [4.69, 9.17) is 9.47 Å². The summed E-state index contributed by atoms with van der Waals surface area (Å²) in [4.78, 5) is 18.4. The third-order valence-electron chi connectivity index (χ3n) is 5.04. The molecule has 1 saturated heterocycles. The zero-order valence-electron chi connectivity index (χ0n) is 14.6. The van der Waals surface area contributed by atoms with Crippen molar-refractivity contribution in [3.8, 4) is 0 Å². The number of aliphatic imine (C=N–C) groups is 1. The van der Waals surface area contributed by atoms with Gasteiger partial charge in [0.25, 0.3) is 0 Å². The maximum atomic E-state index is 11.8. The van der Waals surface area contributed by atoms with Crippen LogP contribution < -0.4 is 5.32 Å². The van der Waals surface area contributed by atoms with Gasteiger partial charge in [0.05, 0.1) is 13.0 Å². The highest BCUT2D eigenvalue weighted by Gasteiger charge is 2.43. The van der Waals surface area contributed by atoms with E-state index in [0.717, 1.165) is 32.1 Å². The third kappa shape index (κ3) is 5.20. The number of esters is 1. The van der Waals surface area contributed by atoms with Gasteiger partial charge in [0, 0.05) is 40.4 Å². The van der Waals surface area contributed by atoms with Gasteiger partial charge in [-0.25, -0.2) is 0 Å². The van der Waals surface area contributed by atoms with Crippen molar-refractivity contribution < 1.29 is 14.3 Å². The normalized spacial score (nSPS) is 25.7. The minimum absolute atomic E-state index is 0. The Bertz CT molecular complexity index is 427. The van der Waals surface area contributed by atoms with Crippen molar-refractivity contribution in [3.05, 3.63) is 0 Å². The summed E-state index contributed by atoms with van der Waals surface area (Å²) in [6, 6.07) is 0. The van der Waals surface area contributed by atoms with Gasteiger partial charge < -0.3 is 19.7 Å². The van der Waals surface area contributed by atoms with E-state index in [2.05, 4.69) is 22.1 Å². The smallest absolute Gasteiger partial charge is 0.310 e. The van der Waals surface area contributed by atoms with Gasteiger partial charge >= 0.3 is 5.97 Å². The standard InChI is InChI=1S/C16H29N3O3.HI/c1-12-9-19(10-13(12)14(20)22-4)15(17-2)18-11-16(5-6-16)7-8-21-3;/h12-13H,5-11H2,1-4H3,(H,17,18);1H. The minimum atomic E-state index is -0.121.